The Morgan fingerprint density at radius 1 is 1.04 bits per heavy atom. The minimum atomic E-state index is 0.0973. The molecule has 136 valence electrons. The first-order valence-corrected chi connectivity index (χ1v) is 9.74. The van der Waals surface area contributed by atoms with Crippen LogP contribution in [0.15, 0.2) is 30.3 Å². The summed E-state index contributed by atoms with van der Waals surface area (Å²) >= 11 is 0. The number of carbonyl (C=O) groups is 2. The molecule has 4 heteroatoms. The molecule has 2 aliphatic rings. The van der Waals surface area contributed by atoms with E-state index in [1.165, 1.54) is 19.3 Å². The van der Waals surface area contributed by atoms with E-state index in [0.717, 1.165) is 37.9 Å². The SMILES string of the molecule is C[C@H]1CCCC[C@H]1NC(=O)CN1CCC(C(=O)c2ccccc2)CC1. The average molecular weight is 342 g/mol. The maximum absolute atomic E-state index is 12.5. The number of benzene rings is 1. The van der Waals surface area contributed by atoms with E-state index in [-0.39, 0.29) is 17.6 Å². The quantitative estimate of drug-likeness (QED) is 0.836. The van der Waals surface area contributed by atoms with Crippen molar-refractivity contribution in [1.29, 1.82) is 0 Å². The zero-order valence-corrected chi connectivity index (χ0v) is 15.2. The molecule has 4 nitrogen and oxygen atoms in total. The first-order valence-electron chi connectivity index (χ1n) is 9.74. The molecule has 1 saturated carbocycles. The maximum atomic E-state index is 12.5. The monoisotopic (exact) mass is 342 g/mol. The van der Waals surface area contributed by atoms with E-state index < -0.39 is 0 Å². The Labute approximate surface area is 151 Å². The van der Waals surface area contributed by atoms with E-state index in [1.807, 2.05) is 30.3 Å². The first kappa shape index (κ1) is 18.1. The third-order valence-electron chi connectivity index (χ3n) is 5.84. The van der Waals surface area contributed by atoms with E-state index in [9.17, 15) is 9.59 Å². The molecule has 3 rings (SSSR count). The van der Waals surface area contributed by atoms with Crippen molar-refractivity contribution in [1.82, 2.24) is 10.2 Å². The minimum absolute atomic E-state index is 0.0973. The van der Waals surface area contributed by atoms with Crippen LogP contribution in [0, 0.1) is 11.8 Å². The molecule has 0 radical (unpaired) electrons. The van der Waals surface area contributed by atoms with Crippen LogP contribution in [-0.2, 0) is 4.79 Å². The molecule has 1 N–H and O–H groups in total. The summed E-state index contributed by atoms with van der Waals surface area (Å²) in [5, 5.41) is 3.23. The van der Waals surface area contributed by atoms with E-state index in [2.05, 4.69) is 17.1 Å². The van der Waals surface area contributed by atoms with Gasteiger partial charge in [-0.25, -0.2) is 0 Å². The number of hydrogen-bond donors (Lipinski definition) is 1. The van der Waals surface area contributed by atoms with Gasteiger partial charge >= 0.3 is 0 Å². The van der Waals surface area contributed by atoms with Gasteiger partial charge in [0.2, 0.25) is 5.91 Å². The highest BCUT2D eigenvalue weighted by atomic mass is 16.2. The Hall–Kier alpha value is -1.68. The molecular formula is C21H30N2O2. The molecule has 1 saturated heterocycles. The largest absolute Gasteiger partial charge is 0.352 e. The number of rotatable bonds is 5. The number of Topliss-reactive ketones (excluding diaryl/α,β-unsaturated/α-hetero) is 1. The van der Waals surface area contributed by atoms with Crippen molar-refractivity contribution in [3.05, 3.63) is 35.9 Å². The van der Waals surface area contributed by atoms with Crippen LogP contribution < -0.4 is 5.32 Å². The smallest absolute Gasteiger partial charge is 0.234 e. The van der Waals surface area contributed by atoms with Crippen molar-refractivity contribution in [3.63, 3.8) is 0 Å². The van der Waals surface area contributed by atoms with Crippen molar-refractivity contribution in [3.8, 4) is 0 Å². The molecule has 0 unspecified atom stereocenters. The van der Waals surface area contributed by atoms with Crippen molar-refractivity contribution in [2.24, 2.45) is 11.8 Å². The second-order valence-corrected chi connectivity index (χ2v) is 7.72. The average Bonchev–Trinajstić information content (AvgIpc) is 2.64. The van der Waals surface area contributed by atoms with Crippen LogP contribution in [0.25, 0.3) is 0 Å². The van der Waals surface area contributed by atoms with Crippen LogP contribution in [0.4, 0.5) is 0 Å². The summed E-state index contributed by atoms with van der Waals surface area (Å²) in [4.78, 5) is 27.1. The van der Waals surface area contributed by atoms with Gasteiger partial charge in [0.15, 0.2) is 5.78 Å². The second kappa shape index (κ2) is 8.61. The number of likely N-dealkylation sites (tertiary alicyclic amines) is 1. The molecule has 1 aromatic carbocycles. The predicted octanol–water partition coefficient (Wildman–Crippen LogP) is 3.28. The number of amides is 1. The molecule has 1 amide bonds. The van der Waals surface area contributed by atoms with Crippen LogP contribution in [-0.4, -0.2) is 42.3 Å². The summed E-state index contributed by atoms with van der Waals surface area (Å²) in [6.45, 7) is 4.37. The van der Waals surface area contributed by atoms with E-state index in [1.54, 1.807) is 0 Å². The second-order valence-electron chi connectivity index (χ2n) is 7.72. The predicted molar refractivity (Wildman–Crippen MR) is 99.5 cm³/mol. The summed E-state index contributed by atoms with van der Waals surface area (Å²) in [6, 6.07) is 9.91. The molecule has 2 fully saturated rings. The van der Waals surface area contributed by atoms with Crippen LogP contribution in [0.5, 0.6) is 0 Å². The van der Waals surface area contributed by atoms with Crippen LogP contribution >= 0.6 is 0 Å². The molecule has 25 heavy (non-hydrogen) atoms. The number of carbonyl (C=O) groups excluding carboxylic acids is 2. The molecule has 1 aliphatic heterocycles. The topological polar surface area (TPSA) is 49.4 Å². The van der Waals surface area contributed by atoms with Gasteiger partial charge in [-0.05, 0) is 44.7 Å². The van der Waals surface area contributed by atoms with Gasteiger partial charge in [-0.15, -0.1) is 0 Å². The minimum Gasteiger partial charge on any atom is -0.352 e. The normalized spacial score (nSPS) is 25.5. The summed E-state index contributed by atoms with van der Waals surface area (Å²) in [6.07, 6.45) is 6.54. The number of hydrogen-bond acceptors (Lipinski definition) is 3. The van der Waals surface area contributed by atoms with Crippen LogP contribution in [0.3, 0.4) is 0 Å². The standard InChI is InChI=1S/C21H30N2O2/c1-16-7-5-6-10-19(16)22-20(24)15-23-13-11-18(12-14-23)21(25)17-8-3-2-4-9-17/h2-4,8-9,16,18-19H,5-7,10-15H2,1H3,(H,22,24)/t16-,19+/m0/s1. The van der Waals surface area contributed by atoms with Crippen LogP contribution in [0.2, 0.25) is 0 Å². The van der Waals surface area contributed by atoms with Crippen molar-refractivity contribution >= 4 is 11.7 Å². The highest BCUT2D eigenvalue weighted by molar-refractivity contribution is 5.97. The van der Waals surface area contributed by atoms with E-state index >= 15 is 0 Å². The number of piperidine rings is 1. The molecular weight excluding hydrogens is 312 g/mol. The molecule has 1 heterocycles. The fraction of sp³-hybridized carbons (Fsp3) is 0.619. The summed E-state index contributed by atoms with van der Waals surface area (Å²) < 4.78 is 0. The van der Waals surface area contributed by atoms with Gasteiger partial charge in [0.05, 0.1) is 6.54 Å². The number of ketones is 1. The lowest BCUT2D eigenvalue weighted by Gasteiger charge is -2.33. The third-order valence-corrected chi connectivity index (χ3v) is 5.84. The van der Waals surface area contributed by atoms with Crippen LogP contribution in [0.1, 0.15) is 55.8 Å². The van der Waals surface area contributed by atoms with Gasteiger partial charge in [-0.1, -0.05) is 50.1 Å². The Bertz CT molecular complexity index is 579. The number of nitrogens with one attached hydrogen (secondary N) is 1. The molecule has 1 aliphatic carbocycles. The summed E-state index contributed by atoms with van der Waals surface area (Å²) in [5.41, 5.74) is 0.810. The van der Waals surface area contributed by atoms with Crippen molar-refractivity contribution in [2.75, 3.05) is 19.6 Å². The van der Waals surface area contributed by atoms with Gasteiger partial charge < -0.3 is 5.32 Å². The third kappa shape index (κ3) is 4.91. The molecule has 0 bridgehead atoms. The van der Waals surface area contributed by atoms with E-state index in [0.29, 0.717) is 18.5 Å². The lowest BCUT2D eigenvalue weighted by Crippen LogP contribution is -2.47. The summed E-state index contributed by atoms with van der Waals surface area (Å²) in [5.74, 6) is 1.08. The van der Waals surface area contributed by atoms with Gasteiger partial charge in [-0.3, -0.25) is 14.5 Å². The molecule has 0 spiro atoms. The Morgan fingerprint density at radius 2 is 1.72 bits per heavy atom. The summed E-state index contributed by atoms with van der Waals surface area (Å²) in [7, 11) is 0. The lowest BCUT2D eigenvalue weighted by atomic mass is 9.86. The Balaban J connectivity index is 1.43. The van der Waals surface area contributed by atoms with Crippen molar-refractivity contribution < 1.29 is 9.59 Å². The fourth-order valence-corrected chi connectivity index (χ4v) is 4.18. The highest BCUT2D eigenvalue weighted by Gasteiger charge is 2.28. The lowest BCUT2D eigenvalue weighted by molar-refractivity contribution is -0.123. The molecule has 1 aromatic rings. The van der Waals surface area contributed by atoms with Gasteiger partial charge in [0.1, 0.15) is 0 Å². The first-order chi connectivity index (χ1) is 12.1. The Morgan fingerprint density at radius 3 is 2.40 bits per heavy atom. The zero-order chi connectivity index (χ0) is 17.6. The zero-order valence-electron chi connectivity index (χ0n) is 15.2. The van der Waals surface area contributed by atoms with E-state index in [4.69, 9.17) is 0 Å². The van der Waals surface area contributed by atoms with Gasteiger partial charge in [0, 0.05) is 17.5 Å². The van der Waals surface area contributed by atoms with Gasteiger partial charge in [-0.2, -0.15) is 0 Å². The highest BCUT2D eigenvalue weighted by Crippen LogP contribution is 2.24. The maximum Gasteiger partial charge on any atom is 0.234 e. The molecule has 2 atom stereocenters. The number of nitrogens with zero attached hydrogens (tertiary/aromatic N) is 1. The molecule has 0 aromatic heterocycles. The fourth-order valence-electron chi connectivity index (χ4n) is 4.18. The Kier molecular flexibility index (Phi) is 6.24. The van der Waals surface area contributed by atoms with Crippen molar-refractivity contribution in [2.45, 2.75) is 51.5 Å². The van der Waals surface area contributed by atoms with Gasteiger partial charge in [0.25, 0.3) is 0 Å².